The van der Waals surface area contributed by atoms with E-state index >= 15 is 0 Å². The summed E-state index contributed by atoms with van der Waals surface area (Å²) >= 11 is 0. The second-order valence-electron chi connectivity index (χ2n) is 4.16. The molecule has 1 fully saturated rings. The van der Waals surface area contributed by atoms with Crippen LogP contribution in [-0.2, 0) is 14.4 Å². The van der Waals surface area contributed by atoms with Crippen molar-refractivity contribution < 1.29 is 29.7 Å². The fraction of sp³-hybridized carbons (Fsp3) is 0.700. The van der Waals surface area contributed by atoms with Crippen LogP contribution in [0.1, 0.15) is 13.3 Å². The Morgan fingerprint density at radius 2 is 2.06 bits per heavy atom. The van der Waals surface area contributed by atoms with Crippen molar-refractivity contribution >= 4 is 17.8 Å². The van der Waals surface area contributed by atoms with Crippen LogP contribution in [0.4, 0.5) is 0 Å². The first-order valence-electron chi connectivity index (χ1n) is 5.46. The molecule has 0 aromatic heterocycles. The Labute approximate surface area is 103 Å². The molecule has 0 aromatic rings. The summed E-state index contributed by atoms with van der Waals surface area (Å²) in [5.74, 6) is -2.43. The second-order valence-corrected chi connectivity index (χ2v) is 4.16. The highest BCUT2D eigenvalue weighted by Gasteiger charge is 2.38. The molecule has 0 aromatic carbocycles. The van der Waals surface area contributed by atoms with Crippen molar-refractivity contribution in [2.45, 2.75) is 31.5 Å². The van der Waals surface area contributed by atoms with Gasteiger partial charge < -0.3 is 25.5 Å². The average Bonchev–Trinajstić information content (AvgIpc) is 2.67. The van der Waals surface area contributed by atoms with Crippen molar-refractivity contribution in [1.29, 1.82) is 0 Å². The molecule has 8 nitrogen and oxygen atoms in total. The lowest BCUT2D eigenvalue weighted by molar-refractivity contribution is -0.144. The molecule has 0 bridgehead atoms. The van der Waals surface area contributed by atoms with Gasteiger partial charge in [0.1, 0.15) is 12.1 Å². The first-order valence-corrected chi connectivity index (χ1v) is 5.46. The number of carbonyl (C=O) groups is 3. The third-order valence-corrected chi connectivity index (χ3v) is 2.78. The Morgan fingerprint density at radius 3 is 2.50 bits per heavy atom. The van der Waals surface area contributed by atoms with E-state index in [4.69, 9.17) is 10.2 Å². The van der Waals surface area contributed by atoms with Gasteiger partial charge >= 0.3 is 5.97 Å². The highest BCUT2D eigenvalue weighted by molar-refractivity contribution is 5.90. The van der Waals surface area contributed by atoms with Gasteiger partial charge in [0.05, 0.1) is 12.7 Å². The fourth-order valence-electron chi connectivity index (χ4n) is 1.86. The highest BCUT2D eigenvalue weighted by Crippen LogP contribution is 2.18. The monoisotopic (exact) mass is 260 g/mol. The number of carboxylic acids is 1. The van der Waals surface area contributed by atoms with Crippen LogP contribution in [0.3, 0.4) is 0 Å². The van der Waals surface area contributed by atoms with Gasteiger partial charge in [0.25, 0.3) is 0 Å². The van der Waals surface area contributed by atoms with E-state index in [1.807, 2.05) is 0 Å². The number of aliphatic hydroxyl groups is 2. The molecule has 2 amide bonds. The number of carbonyl (C=O) groups excluding carboxylic acids is 2. The smallest absolute Gasteiger partial charge is 0.328 e. The molecule has 0 spiro atoms. The molecule has 3 atom stereocenters. The molecule has 1 aliphatic heterocycles. The Hall–Kier alpha value is -1.67. The Balaban J connectivity index is 2.70. The minimum atomic E-state index is -1.41. The molecule has 0 saturated carbocycles. The van der Waals surface area contributed by atoms with Crippen LogP contribution >= 0.6 is 0 Å². The Kier molecular flexibility index (Phi) is 4.62. The maximum atomic E-state index is 11.8. The van der Waals surface area contributed by atoms with E-state index in [0.717, 1.165) is 0 Å². The minimum absolute atomic E-state index is 0.0459. The third-order valence-electron chi connectivity index (χ3n) is 2.78. The molecule has 3 unspecified atom stereocenters. The van der Waals surface area contributed by atoms with Gasteiger partial charge in [-0.15, -0.1) is 0 Å². The maximum Gasteiger partial charge on any atom is 0.328 e. The van der Waals surface area contributed by atoms with Gasteiger partial charge in [0.2, 0.25) is 11.8 Å². The van der Waals surface area contributed by atoms with E-state index in [1.54, 1.807) is 0 Å². The Bertz CT molecular complexity index is 358. The van der Waals surface area contributed by atoms with E-state index in [2.05, 4.69) is 5.32 Å². The summed E-state index contributed by atoms with van der Waals surface area (Å²) in [4.78, 5) is 34.9. The molecule has 1 heterocycles. The van der Waals surface area contributed by atoms with Crippen LogP contribution in [0, 0.1) is 0 Å². The largest absolute Gasteiger partial charge is 0.480 e. The number of likely N-dealkylation sites (tertiary alicyclic amines) is 1. The van der Waals surface area contributed by atoms with Gasteiger partial charge in [-0.3, -0.25) is 9.59 Å². The zero-order valence-electron chi connectivity index (χ0n) is 9.87. The van der Waals surface area contributed by atoms with Gasteiger partial charge in [-0.2, -0.15) is 0 Å². The number of hydrogen-bond acceptors (Lipinski definition) is 5. The van der Waals surface area contributed by atoms with E-state index < -0.39 is 36.7 Å². The van der Waals surface area contributed by atoms with Crippen LogP contribution in [0.2, 0.25) is 0 Å². The minimum Gasteiger partial charge on any atom is -0.480 e. The van der Waals surface area contributed by atoms with E-state index in [1.165, 1.54) is 11.8 Å². The van der Waals surface area contributed by atoms with Gasteiger partial charge in [0, 0.05) is 19.9 Å². The lowest BCUT2D eigenvalue weighted by Gasteiger charge is -2.23. The lowest BCUT2D eigenvalue weighted by Crippen LogP contribution is -2.51. The number of amides is 2. The quantitative estimate of drug-likeness (QED) is 0.443. The lowest BCUT2D eigenvalue weighted by atomic mass is 10.1. The average molecular weight is 260 g/mol. The SMILES string of the molecule is CC(=O)N1CC(O)CC1C(=O)NC(CO)C(=O)O. The summed E-state index contributed by atoms with van der Waals surface area (Å²) in [6, 6.07) is -2.31. The number of β-amino-alcohol motifs (C(OH)–C–C–N with tert-alkyl or cyclic N) is 1. The summed E-state index contributed by atoms with van der Waals surface area (Å²) in [7, 11) is 0. The summed E-state index contributed by atoms with van der Waals surface area (Å²) in [6.07, 6.45) is -0.745. The van der Waals surface area contributed by atoms with Gasteiger partial charge in [-0.25, -0.2) is 4.79 Å². The van der Waals surface area contributed by atoms with Crippen molar-refractivity contribution in [3.05, 3.63) is 0 Å². The zero-order chi connectivity index (χ0) is 13.9. The molecule has 4 N–H and O–H groups in total. The van der Waals surface area contributed by atoms with E-state index in [-0.39, 0.29) is 18.9 Å². The molecule has 0 radical (unpaired) electrons. The second kappa shape index (κ2) is 5.78. The number of nitrogens with zero attached hydrogens (tertiary/aromatic N) is 1. The normalized spacial score (nSPS) is 24.7. The summed E-state index contributed by atoms with van der Waals surface area (Å²) in [5, 5.41) is 29.0. The molecule has 8 heteroatoms. The van der Waals surface area contributed by atoms with Crippen molar-refractivity contribution in [1.82, 2.24) is 10.2 Å². The van der Waals surface area contributed by atoms with Crippen molar-refractivity contribution in [3.63, 3.8) is 0 Å². The first kappa shape index (κ1) is 14.4. The molecular formula is C10H16N2O6. The molecule has 0 aliphatic carbocycles. The highest BCUT2D eigenvalue weighted by atomic mass is 16.4. The molecule has 102 valence electrons. The fourth-order valence-corrected chi connectivity index (χ4v) is 1.86. The van der Waals surface area contributed by atoms with Crippen LogP contribution in [0.15, 0.2) is 0 Å². The predicted molar refractivity (Wildman–Crippen MR) is 58.5 cm³/mol. The van der Waals surface area contributed by atoms with E-state index in [9.17, 15) is 19.5 Å². The number of rotatable bonds is 4. The summed E-state index contributed by atoms with van der Waals surface area (Å²) in [6.45, 7) is 0.569. The number of aliphatic hydroxyl groups excluding tert-OH is 2. The van der Waals surface area contributed by atoms with Crippen LogP contribution in [-0.4, -0.2) is 69.3 Å². The Morgan fingerprint density at radius 1 is 1.44 bits per heavy atom. The summed E-state index contributed by atoms with van der Waals surface area (Å²) in [5.41, 5.74) is 0. The first-order chi connectivity index (χ1) is 8.36. The van der Waals surface area contributed by atoms with Crippen LogP contribution in [0.25, 0.3) is 0 Å². The van der Waals surface area contributed by atoms with E-state index in [0.29, 0.717) is 0 Å². The third kappa shape index (κ3) is 3.17. The maximum absolute atomic E-state index is 11.8. The molecular weight excluding hydrogens is 244 g/mol. The molecule has 18 heavy (non-hydrogen) atoms. The number of carboxylic acid groups (broad SMARTS) is 1. The van der Waals surface area contributed by atoms with Gasteiger partial charge in [-0.1, -0.05) is 0 Å². The van der Waals surface area contributed by atoms with Crippen LogP contribution in [0.5, 0.6) is 0 Å². The molecule has 1 rings (SSSR count). The number of hydrogen-bond donors (Lipinski definition) is 4. The number of aliphatic carboxylic acids is 1. The molecule has 1 aliphatic rings. The number of nitrogens with one attached hydrogen (secondary N) is 1. The zero-order valence-corrected chi connectivity index (χ0v) is 9.87. The van der Waals surface area contributed by atoms with Crippen molar-refractivity contribution in [3.8, 4) is 0 Å². The van der Waals surface area contributed by atoms with Crippen LogP contribution < -0.4 is 5.32 Å². The molecule has 1 saturated heterocycles. The van der Waals surface area contributed by atoms with Gasteiger partial charge in [0.15, 0.2) is 0 Å². The predicted octanol–water partition coefficient (Wildman–Crippen LogP) is -2.47. The van der Waals surface area contributed by atoms with Gasteiger partial charge in [-0.05, 0) is 0 Å². The van der Waals surface area contributed by atoms with Crippen molar-refractivity contribution in [2.24, 2.45) is 0 Å². The standard InChI is InChI=1S/C10H16N2O6/c1-5(14)12-3-6(15)2-8(12)9(16)11-7(4-13)10(17)18/h6-8,13,15H,2-4H2,1H3,(H,11,16)(H,17,18). The van der Waals surface area contributed by atoms with Crippen molar-refractivity contribution in [2.75, 3.05) is 13.2 Å². The summed E-state index contributed by atoms with van der Waals surface area (Å²) < 4.78 is 0. The topological polar surface area (TPSA) is 127 Å².